The van der Waals surface area contributed by atoms with Crippen molar-refractivity contribution in [3.05, 3.63) is 59.3 Å². The predicted octanol–water partition coefficient (Wildman–Crippen LogP) is 4.91. The maximum absolute atomic E-state index is 11.7. The van der Waals surface area contributed by atoms with E-state index in [-0.39, 0.29) is 0 Å². The van der Waals surface area contributed by atoms with Crippen molar-refractivity contribution in [2.45, 2.75) is 33.3 Å². The largest absolute Gasteiger partial charge is 0.444 e. The maximum atomic E-state index is 11.7. The Labute approximate surface area is 137 Å². The molecule has 0 atom stereocenters. The summed E-state index contributed by atoms with van der Waals surface area (Å²) in [5.41, 5.74) is 2.44. The lowest BCUT2D eigenvalue weighted by molar-refractivity contribution is 0.0635. The second kappa shape index (κ2) is 7.09. The van der Waals surface area contributed by atoms with Gasteiger partial charge in [0, 0.05) is 5.69 Å². The molecule has 1 N–H and O–H groups in total. The zero-order valence-electron chi connectivity index (χ0n) is 14.0. The second-order valence-corrected chi connectivity index (χ2v) is 6.24. The number of aromatic nitrogens is 1. The van der Waals surface area contributed by atoms with Gasteiger partial charge in [-0.1, -0.05) is 42.5 Å². The van der Waals surface area contributed by atoms with Crippen molar-refractivity contribution in [2.24, 2.45) is 0 Å². The monoisotopic (exact) mass is 310 g/mol. The number of carbonyl (C=O) groups excluding carboxylic acids is 1. The SMILES string of the molecule is Cc1nc(NC(=O)OC(C)(C)C)ccc1/C=C/c1ccccc1. The van der Waals surface area contributed by atoms with Crippen LogP contribution in [0.5, 0.6) is 0 Å². The molecule has 1 heterocycles. The lowest BCUT2D eigenvalue weighted by Gasteiger charge is -2.19. The van der Waals surface area contributed by atoms with E-state index in [2.05, 4.69) is 10.3 Å². The van der Waals surface area contributed by atoms with Gasteiger partial charge < -0.3 is 4.74 Å². The molecule has 23 heavy (non-hydrogen) atoms. The second-order valence-electron chi connectivity index (χ2n) is 6.24. The van der Waals surface area contributed by atoms with E-state index in [1.165, 1.54) is 0 Å². The number of pyridine rings is 1. The summed E-state index contributed by atoms with van der Waals surface area (Å²) in [4.78, 5) is 16.1. The summed E-state index contributed by atoms with van der Waals surface area (Å²) < 4.78 is 5.21. The van der Waals surface area contributed by atoms with Gasteiger partial charge in [-0.25, -0.2) is 9.78 Å². The van der Waals surface area contributed by atoms with Gasteiger partial charge in [-0.3, -0.25) is 5.32 Å². The van der Waals surface area contributed by atoms with Gasteiger partial charge in [0.05, 0.1) is 0 Å². The first-order valence-electron chi connectivity index (χ1n) is 7.54. The van der Waals surface area contributed by atoms with Crippen LogP contribution in [-0.2, 0) is 4.74 Å². The Hall–Kier alpha value is -2.62. The van der Waals surface area contributed by atoms with Crippen molar-refractivity contribution in [3.63, 3.8) is 0 Å². The van der Waals surface area contributed by atoms with Crippen molar-refractivity contribution < 1.29 is 9.53 Å². The predicted molar refractivity (Wildman–Crippen MR) is 94.2 cm³/mol. The number of nitrogens with zero attached hydrogens (tertiary/aromatic N) is 1. The number of ether oxygens (including phenoxy) is 1. The molecular weight excluding hydrogens is 288 g/mol. The highest BCUT2D eigenvalue weighted by atomic mass is 16.6. The van der Waals surface area contributed by atoms with Gasteiger partial charge in [-0.15, -0.1) is 0 Å². The number of nitrogens with one attached hydrogen (secondary N) is 1. The Morgan fingerprint density at radius 1 is 1.09 bits per heavy atom. The lowest BCUT2D eigenvalue weighted by Crippen LogP contribution is -2.27. The van der Waals surface area contributed by atoms with Crippen molar-refractivity contribution in [1.82, 2.24) is 4.98 Å². The molecule has 1 aromatic carbocycles. The molecule has 4 nitrogen and oxygen atoms in total. The molecule has 0 aliphatic heterocycles. The summed E-state index contributed by atoms with van der Waals surface area (Å²) >= 11 is 0. The molecule has 0 unspecified atom stereocenters. The zero-order valence-corrected chi connectivity index (χ0v) is 14.0. The van der Waals surface area contributed by atoms with Crippen molar-refractivity contribution >= 4 is 24.1 Å². The van der Waals surface area contributed by atoms with Gasteiger partial charge in [0.25, 0.3) is 0 Å². The third-order valence-corrected chi connectivity index (χ3v) is 3.01. The molecule has 0 aliphatic rings. The topological polar surface area (TPSA) is 51.2 Å². The fraction of sp³-hybridized carbons (Fsp3) is 0.263. The molecule has 0 bridgehead atoms. The van der Waals surface area contributed by atoms with Crippen LogP contribution in [0, 0.1) is 6.92 Å². The quantitative estimate of drug-likeness (QED) is 0.876. The molecule has 2 rings (SSSR count). The van der Waals surface area contributed by atoms with E-state index < -0.39 is 11.7 Å². The minimum absolute atomic E-state index is 0.480. The molecule has 0 saturated carbocycles. The van der Waals surface area contributed by atoms with E-state index in [0.717, 1.165) is 16.8 Å². The summed E-state index contributed by atoms with van der Waals surface area (Å²) in [6.07, 6.45) is 3.54. The van der Waals surface area contributed by atoms with E-state index in [4.69, 9.17) is 4.74 Å². The number of anilines is 1. The standard InChI is InChI=1S/C19H22N2O2/c1-14-16(11-10-15-8-6-5-7-9-15)12-13-17(20-14)21-18(22)23-19(2,3)4/h5-13H,1-4H3,(H,20,21,22)/b11-10+. The van der Waals surface area contributed by atoms with Gasteiger partial charge in [-0.05, 0) is 51.0 Å². The van der Waals surface area contributed by atoms with E-state index in [1.807, 2.05) is 76.2 Å². The van der Waals surface area contributed by atoms with E-state index in [9.17, 15) is 4.79 Å². The van der Waals surface area contributed by atoms with Crippen molar-refractivity contribution in [1.29, 1.82) is 0 Å². The first-order chi connectivity index (χ1) is 10.8. The van der Waals surface area contributed by atoms with Crippen LogP contribution in [0.2, 0.25) is 0 Å². The molecule has 0 spiro atoms. The molecule has 0 aliphatic carbocycles. The van der Waals surface area contributed by atoms with Crippen molar-refractivity contribution in [3.8, 4) is 0 Å². The molecule has 0 radical (unpaired) electrons. The fourth-order valence-electron chi connectivity index (χ4n) is 1.98. The molecule has 120 valence electrons. The normalized spacial score (nSPS) is 11.5. The smallest absolute Gasteiger partial charge is 0.413 e. The highest BCUT2D eigenvalue weighted by Crippen LogP contribution is 2.15. The van der Waals surface area contributed by atoms with Crippen LogP contribution in [0.4, 0.5) is 10.6 Å². The summed E-state index contributed by atoms with van der Waals surface area (Å²) in [7, 11) is 0. The van der Waals surface area contributed by atoms with Crippen LogP contribution in [0.15, 0.2) is 42.5 Å². The Balaban J connectivity index is 2.06. The summed E-state index contributed by atoms with van der Waals surface area (Å²) in [6, 6.07) is 13.8. The van der Waals surface area contributed by atoms with Crippen LogP contribution >= 0.6 is 0 Å². The number of amides is 1. The van der Waals surface area contributed by atoms with Crippen LogP contribution < -0.4 is 5.32 Å². The molecular formula is C19H22N2O2. The maximum Gasteiger partial charge on any atom is 0.413 e. The number of aryl methyl sites for hydroxylation is 1. The highest BCUT2D eigenvalue weighted by molar-refractivity contribution is 5.84. The molecule has 4 heteroatoms. The number of hydrogen-bond donors (Lipinski definition) is 1. The first kappa shape index (κ1) is 16.7. The van der Waals surface area contributed by atoms with E-state index in [1.54, 1.807) is 6.07 Å². The van der Waals surface area contributed by atoms with Crippen molar-refractivity contribution in [2.75, 3.05) is 5.32 Å². The zero-order chi connectivity index (χ0) is 16.9. The molecule has 1 aromatic heterocycles. The first-order valence-corrected chi connectivity index (χ1v) is 7.54. The van der Waals surface area contributed by atoms with Gasteiger partial charge in [0.1, 0.15) is 11.4 Å². The molecule has 2 aromatic rings. The average Bonchev–Trinajstić information content (AvgIpc) is 2.45. The Kier molecular flexibility index (Phi) is 5.16. The summed E-state index contributed by atoms with van der Waals surface area (Å²) in [5.74, 6) is 0.480. The number of carbonyl (C=O) groups is 1. The Morgan fingerprint density at radius 2 is 1.78 bits per heavy atom. The van der Waals surface area contributed by atoms with E-state index >= 15 is 0 Å². The molecule has 0 fully saturated rings. The molecule has 1 amide bonds. The fourth-order valence-corrected chi connectivity index (χ4v) is 1.98. The Bertz CT molecular complexity index is 701. The van der Waals surface area contributed by atoms with Crippen LogP contribution in [0.1, 0.15) is 37.6 Å². The highest BCUT2D eigenvalue weighted by Gasteiger charge is 2.16. The minimum atomic E-state index is -0.530. The van der Waals surface area contributed by atoms with Gasteiger partial charge >= 0.3 is 6.09 Å². The molecule has 0 saturated heterocycles. The Morgan fingerprint density at radius 3 is 2.39 bits per heavy atom. The van der Waals surface area contributed by atoms with Crippen LogP contribution in [-0.4, -0.2) is 16.7 Å². The minimum Gasteiger partial charge on any atom is -0.444 e. The number of benzene rings is 1. The van der Waals surface area contributed by atoms with Gasteiger partial charge in [-0.2, -0.15) is 0 Å². The van der Waals surface area contributed by atoms with Crippen LogP contribution in [0.3, 0.4) is 0 Å². The number of hydrogen-bond acceptors (Lipinski definition) is 3. The summed E-state index contributed by atoms with van der Waals surface area (Å²) in [6.45, 7) is 7.37. The van der Waals surface area contributed by atoms with Gasteiger partial charge in [0.15, 0.2) is 0 Å². The number of rotatable bonds is 3. The van der Waals surface area contributed by atoms with Gasteiger partial charge in [0.2, 0.25) is 0 Å². The summed E-state index contributed by atoms with van der Waals surface area (Å²) in [5, 5.41) is 2.64. The lowest BCUT2D eigenvalue weighted by atomic mass is 10.1. The third kappa shape index (κ3) is 5.58. The third-order valence-electron chi connectivity index (χ3n) is 3.01. The van der Waals surface area contributed by atoms with Crippen LogP contribution in [0.25, 0.3) is 12.2 Å². The van der Waals surface area contributed by atoms with E-state index in [0.29, 0.717) is 5.82 Å². The average molecular weight is 310 g/mol.